The number of amides is 1. The highest BCUT2D eigenvalue weighted by molar-refractivity contribution is 5.78. The second-order valence-electron chi connectivity index (χ2n) is 4.82. The molecule has 1 fully saturated rings. The van der Waals surface area contributed by atoms with E-state index < -0.39 is 0 Å². The monoisotopic (exact) mass is 251 g/mol. The number of nitrogens with zero attached hydrogens (tertiary/aromatic N) is 3. The predicted molar refractivity (Wildman–Crippen MR) is 68.4 cm³/mol. The van der Waals surface area contributed by atoms with E-state index in [1.807, 2.05) is 18.7 Å². The van der Waals surface area contributed by atoms with Crippen molar-refractivity contribution < 1.29 is 9.21 Å². The SMILES string of the molecule is CCc1nc(C)oc1CC(=O)N1CCN(C)CC1. The molecule has 5 heteroatoms. The lowest BCUT2D eigenvalue weighted by molar-refractivity contribution is -0.132. The number of piperazine rings is 1. The largest absolute Gasteiger partial charge is 0.445 e. The number of hydrogen-bond acceptors (Lipinski definition) is 4. The van der Waals surface area contributed by atoms with Gasteiger partial charge < -0.3 is 14.2 Å². The number of carbonyl (C=O) groups excluding carboxylic acids is 1. The minimum atomic E-state index is 0.147. The number of aromatic nitrogens is 1. The second kappa shape index (κ2) is 5.52. The lowest BCUT2D eigenvalue weighted by atomic mass is 10.2. The Morgan fingerprint density at radius 3 is 2.61 bits per heavy atom. The van der Waals surface area contributed by atoms with Crippen molar-refractivity contribution in [1.82, 2.24) is 14.8 Å². The van der Waals surface area contributed by atoms with Gasteiger partial charge in [0.15, 0.2) is 5.89 Å². The molecule has 2 rings (SSSR count). The first-order chi connectivity index (χ1) is 8.60. The average molecular weight is 251 g/mol. The van der Waals surface area contributed by atoms with Gasteiger partial charge in [-0.2, -0.15) is 0 Å². The van der Waals surface area contributed by atoms with Crippen LogP contribution in [-0.4, -0.2) is 53.9 Å². The maximum absolute atomic E-state index is 12.2. The Morgan fingerprint density at radius 2 is 2.00 bits per heavy atom. The minimum Gasteiger partial charge on any atom is -0.445 e. The maximum Gasteiger partial charge on any atom is 0.230 e. The zero-order chi connectivity index (χ0) is 13.1. The van der Waals surface area contributed by atoms with Crippen LogP contribution in [0.5, 0.6) is 0 Å². The van der Waals surface area contributed by atoms with Crippen LogP contribution in [0.1, 0.15) is 24.3 Å². The maximum atomic E-state index is 12.2. The molecule has 1 saturated heterocycles. The van der Waals surface area contributed by atoms with Crippen molar-refractivity contribution >= 4 is 5.91 Å². The summed E-state index contributed by atoms with van der Waals surface area (Å²) < 4.78 is 5.52. The van der Waals surface area contributed by atoms with E-state index in [9.17, 15) is 4.79 Å². The molecule has 0 spiro atoms. The van der Waals surface area contributed by atoms with Crippen molar-refractivity contribution in [2.24, 2.45) is 0 Å². The van der Waals surface area contributed by atoms with Gasteiger partial charge in [-0.05, 0) is 13.5 Å². The van der Waals surface area contributed by atoms with Crippen LogP contribution >= 0.6 is 0 Å². The van der Waals surface area contributed by atoms with Gasteiger partial charge >= 0.3 is 0 Å². The van der Waals surface area contributed by atoms with E-state index in [4.69, 9.17) is 4.42 Å². The molecule has 1 amide bonds. The van der Waals surface area contributed by atoms with E-state index in [0.717, 1.165) is 44.1 Å². The summed E-state index contributed by atoms with van der Waals surface area (Å²) in [5.41, 5.74) is 0.912. The molecule has 1 aliphatic heterocycles. The zero-order valence-corrected chi connectivity index (χ0v) is 11.4. The van der Waals surface area contributed by atoms with Crippen molar-refractivity contribution in [3.05, 3.63) is 17.3 Å². The molecular formula is C13H21N3O2. The molecule has 0 saturated carbocycles. The Hall–Kier alpha value is -1.36. The molecule has 1 aromatic heterocycles. The first kappa shape index (κ1) is 13.1. The van der Waals surface area contributed by atoms with Gasteiger partial charge in [0.1, 0.15) is 5.76 Å². The average Bonchev–Trinajstić information content (AvgIpc) is 2.70. The molecule has 2 heterocycles. The normalized spacial score (nSPS) is 17.2. The number of likely N-dealkylation sites (N-methyl/N-ethyl adjacent to an activating group) is 1. The van der Waals surface area contributed by atoms with E-state index in [1.165, 1.54) is 0 Å². The Kier molecular flexibility index (Phi) is 4.01. The van der Waals surface area contributed by atoms with E-state index in [0.29, 0.717) is 12.3 Å². The summed E-state index contributed by atoms with van der Waals surface area (Å²) >= 11 is 0. The van der Waals surface area contributed by atoms with Gasteiger partial charge in [-0.25, -0.2) is 4.98 Å². The van der Waals surface area contributed by atoms with Crippen LogP contribution in [0.15, 0.2) is 4.42 Å². The van der Waals surface area contributed by atoms with Crippen LogP contribution in [0.2, 0.25) is 0 Å². The second-order valence-corrected chi connectivity index (χ2v) is 4.82. The Bertz CT molecular complexity index is 420. The van der Waals surface area contributed by atoms with Crippen LogP contribution in [0.4, 0.5) is 0 Å². The van der Waals surface area contributed by atoms with Gasteiger partial charge in [0, 0.05) is 33.1 Å². The molecular weight excluding hydrogens is 230 g/mol. The smallest absolute Gasteiger partial charge is 0.230 e. The van der Waals surface area contributed by atoms with Gasteiger partial charge in [0.05, 0.1) is 12.1 Å². The third-order valence-corrected chi connectivity index (χ3v) is 3.39. The van der Waals surface area contributed by atoms with Crippen LogP contribution in [-0.2, 0) is 17.6 Å². The Labute approximate surface area is 108 Å². The highest BCUT2D eigenvalue weighted by Gasteiger charge is 2.21. The molecule has 1 aromatic rings. The molecule has 1 aliphatic rings. The van der Waals surface area contributed by atoms with Crippen molar-refractivity contribution in [2.75, 3.05) is 33.2 Å². The van der Waals surface area contributed by atoms with Gasteiger partial charge in [-0.15, -0.1) is 0 Å². The first-order valence-electron chi connectivity index (χ1n) is 6.51. The summed E-state index contributed by atoms with van der Waals surface area (Å²) in [4.78, 5) is 20.6. The molecule has 0 bridgehead atoms. The highest BCUT2D eigenvalue weighted by Crippen LogP contribution is 2.13. The lowest BCUT2D eigenvalue weighted by Crippen LogP contribution is -2.47. The van der Waals surface area contributed by atoms with Crippen LogP contribution in [0, 0.1) is 6.92 Å². The Balaban J connectivity index is 1.98. The molecule has 0 N–H and O–H groups in total. The molecule has 0 unspecified atom stereocenters. The topological polar surface area (TPSA) is 49.6 Å². The Morgan fingerprint density at radius 1 is 1.33 bits per heavy atom. The fraction of sp³-hybridized carbons (Fsp3) is 0.692. The van der Waals surface area contributed by atoms with Gasteiger partial charge in [-0.3, -0.25) is 4.79 Å². The standard InChI is InChI=1S/C13H21N3O2/c1-4-11-12(18-10(2)14-11)9-13(17)16-7-5-15(3)6-8-16/h4-9H2,1-3H3. The molecule has 5 nitrogen and oxygen atoms in total. The quantitative estimate of drug-likeness (QED) is 0.799. The summed E-state index contributed by atoms with van der Waals surface area (Å²) in [6, 6.07) is 0. The summed E-state index contributed by atoms with van der Waals surface area (Å²) in [6.07, 6.45) is 1.15. The van der Waals surface area contributed by atoms with Crippen molar-refractivity contribution in [1.29, 1.82) is 0 Å². The summed E-state index contributed by atoms with van der Waals surface area (Å²) in [5.74, 6) is 1.53. The van der Waals surface area contributed by atoms with Crippen molar-refractivity contribution in [3.8, 4) is 0 Å². The minimum absolute atomic E-state index is 0.147. The molecule has 0 aliphatic carbocycles. The number of oxazole rings is 1. The van der Waals surface area contributed by atoms with Crippen LogP contribution < -0.4 is 0 Å². The third kappa shape index (κ3) is 2.90. The van der Waals surface area contributed by atoms with Crippen molar-refractivity contribution in [3.63, 3.8) is 0 Å². The van der Waals surface area contributed by atoms with Gasteiger partial charge in [0.25, 0.3) is 0 Å². The lowest BCUT2D eigenvalue weighted by Gasteiger charge is -2.32. The van der Waals surface area contributed by atoms with E-state index in [1.54, 1.807) is 0 Å². The predicted octanol–water partition coefficient (Wildman–Crippen LogP) is 0.862. The van der Waals surface area contributed by atoms with Gasteiger partial charge in [0.2, 0.25) is 5.91 Å². The summed E-state index contributed by atoms with van der Waals surface area (Å²) in [5, 5.41) is 0. The molecule has 18 heavy (non-hydrogen) atoms. The fourth-order valence-corrected chi connectivity index (χ4v) is 2.23. The van der Waals surface area contributed by atoms with E-state index >= 15 is 0 Å². The molecule has 0 aromatic carbocycles. The van der Waals surface area contributed by atoms with Crippen LogP contribution in [0.25, 0.3) is 0 Å². The first-order valence-corrected chi connectivity index (χ1v) is 6.51. The molecule has 100 valence electrons. The van der Waals surface area contributed by atoms with Gasteiger partial charge in [-0.1, -0.05) is 6.92 Å². The molecule has 0 atom stereocenters. The highest BCUT2D eigenvalue weighted by atomic mass is 16.4. The number of rotatable bonds is 3. The van der Waals surface area contributed by atoms with E-state index in [-0.39, 0.29) is 5.91 Å². The number of aryl methyl sites for hydroxylation is 2. The fourth-order valence-electron chi connectivity index (χ4n) is 2.23. The number of hydrogen-bond donors (Lipinski definition) is 0. The third-order valence-electron chi connectivity index (χ3n) is 3.39. The van der Waals surface area contributed by atoms with Crippen molar-refractivity contribution in [2.45, 2.75) is 26.7 Å². The van der Waals surface area contributed by atoms with Crippen LogP contribution in [0.3, 0.4) is 0 Å². The molecule has 0 radical (unpaired) electrons. The zero-order valence-electron chi connectivity index (χ0n) is 11.4. The summed E-state index contributed by atoms with van der Waals surface area (Å²) in [6.45, 7) is 7.36. The van der Waals surface area contributed by atoms with E-state index in [2.05, 4.69) is 16.9 Å². The summed E-state index contributed by atoms with van der Waals surface area (Å²) in [7, 11) is 2.08. The number of carbonyl (C=O) groups is 1.